The van der Waals surface area contributed by atoms with Crippen LogP contribution < -0.4 is 5.32 Å². The monoisotopic (exact) mass is 339 g/mol. The van der Waals surface area contributed by atoms with Gasteiger partial charge in [-0.25, -0.2) is 13.9 Å². The molecule has 1 aromatic carbocycles. The molecule has 1 saturated heterocycles. The lowest BCUT2D eigenvalue weighted by molar-refractivity contribution is 0.0790. The molecule has 3 heterocycles. The Hall–Kier alpha value is -2.96. The van der Waals surface area contributed by atoms with Crippen LogP contribution in [-0.4, -0.2) is 44.5 Å². The predicted molar refractivity (Wildman–Crippen MR) is 92.1 cm³/mol. The summed E-state index contributed by atoms with van der Waals surface area (Å²) in [4.78, 5) is 18.6. The van der Waals surface area contributed by atoms with Gasteiger partial charge in [0.25, 0.3) is 5.91 Å². The van der Waals surface area contributed by atoms with Crippen molar-refractivity contribution in [1.29, 1.82) is 0 Å². The van der Waals surface area contributed by atoms with Crippen LogP contribution in [0.4, 0.5) is 10.2 Å². The van der Waals surface area contributed by atoms with Crippen molar-refractivity contribution in [2.24, 2.45) is 0 Å². The van der Waals surface area contributed by atoms with E-state index in [1.807, 2.05) is 12.1 Å². The zero-order valence-corrected chi connectivity index (χ0v) is 13.8. The first-order valence-electron chi connectivity index (χ1n) is 8.23. The molecule has 0 spiro atoms. The second kappa shape index (κ2) is 6.16. The number of imidazole rings is 1. The maximum atomic E-state index is 13.7. The zero-order chi connectivity index (χ0) is 17.4. The van der Waals surface area contributed by atoms with Crippen LogP contribution in [0, 0.1) is 12.7 Å². The summed E-state index contributed by atoms with van der Waals surface area (Å²) in [5, 5.41) is 7.80. The molecule has 0 saturated carbocycles. The molecule has 1 fully saturated rings. The van der Waals surface area contributed by atoms with Crippen LogP contribution >= 0.6 is 0 Å². The van der Waals surface area contributed by atoms with Crippen molar-refractivity contribution in [3.8, 4) is 0 Å². The van der Waals surface area contributed by atoms with E-state index in [0.717, 1.165) is 17.9 Å². The zero-order valence-electron chi connectivity index (χ0n) is 13.8. The van der Waals surface area contributed by atoms with Gasteiger partial charge in [-0.3, -0.25) is 4.79 Å². The molecule has 1 amide bonds. The van der Waals surface area contributed by atoms with E-state index >= 15 is 0 Å². The fourth-order valence-electron chi connectivity index (χ4n) is 3.17. The molecule has 4 rings (SSSR count). The summed E-state index contributed by atoms with van der Waals surface area (Å²) >= 11 is 0. The van der Waals surface area contributed by atoms with Crippen LogP contribution in [0.2, 0.25) is 0 Å². The molecule has 0 bridgehead atoms. The van der Waals surface area contributed by atoms with E-state index < -0.39 is 0 Å². The van der Waals surface area contributed by atoms with Gasteiger partial charge in [0.05, 0.1) is 0 Å². The maximum Gasteiger partial charge on any atom is 0.254 e. The van der Waals surface area contributed by atoms with E-state index in [2.05, 4.69) is 15.4 Å². The highest BCUT2D eigenvalue weighted by molar-refractivity contribution is 5.95. The molecule has 1 aliphatic heterocycles. The Kier molecular flexibility index (Phi) is 3.83. The number of carbonyl (C=O) groups excluding carboxylic acids is 1. The number of likely N-dealkylation sites (tertiary alicyclic amines) is 1. The number of hydrogen-bond acceptors (Lipinski definition) is 4. The van der Waals surface area contributed by atoms with Gasteiger partial charge in [0.2, 0.25) is 0 Å². The van der Waals surface area contributed by atoms with Gasteiger partial charge in [-0.15, -0.1) is 5.10 Å². The Labute approximate surface area is 144 Å². The molecular formula is C18H18FN5O. The van der Waals surface area contributed by atoms with Crippen LogP contribution in [0.25, 0.3) is 5.65 Å². The van der Waals surface area contributed by atoms with E-state index in [1.165, 1.54) is 6.07 Å². The number of aromatic nitrogens is 3. The van der Waals surface area contributed by atoms with Crippen molar-refractivity contribution in [3.63, 3.8) is 0 Å². The van der Waals surface area contributed by atoms with E-state index in [-0.39, 0.29) is 17.8 Å². The number of rotatable bonds is 3. The third-order valence-corrected chi connectivity index (χ3v) is 4.58. The summed E-state index contributed by atoms with van der Waals surface area (Å²) < 4.78 is 15.4. The average Bonchev–Trinajstić information content (AvgIpc) is 3.25. The maximum absolute atomic E-state index is 13.7. The summed E-state index contributed by atoms with van der Waals surface area (Å²) in [7, 11) is 0. The first-order chi connectivity index (χ1) is 12.1. The first kappa shape index (κ1) is 15.6. The van der Waals surface area contributed by atoms with Gasteiger partial charge in [-0.2, -0.15) is 0 Å². The van der Waals surface area contributed by atoms with Gasteiger partial charge in [-0.1, -0.05) is 6.07 Å². The highest BCUT2D eigenvalue weighted by Crippen LogP contribution is 2.20. The molecule has 2 aromatic heterocycles. The molecule has 0 aliphatic carbocycles. The van der Waals surface area contributed by atoms with Crippen LogP contribution in [0.15, 0.2) is 42.7 Å². The van der Waals surface area contributed by atoms with Crippen LogP contribution in [-0.2, 0) is 0 Å². The summed E-state index contributed by atoms with van der Waals surface area (Å²) in [6.45, 7) is 2.84. The highest BCUT2D eigenvalue weighted by atomic mass is 19.1. The third-order valence-electron chi connectivity index (χ3n) is 4.58. The molecule has 6 nitrogen and oxygen atoms in total. The number of amides is 1. The number of carbonyl (C=O) groups is 1. The molecule has 1 atom stereocenters. The smallest absolute Gasteiger partial charge is 0.254 e. The quantitative estimate of drug-likeness (QED) is 0.796. The number of fused-ring (bicyclic) bond motifs is 1. The molecule has 1 unspecified atom stereocenters. The van der Waals surface area contributed by atoms with E-state index in [0.29, 0.717) is 24.2 Å². The summed E-state index contributed by atoms with van der Waals surface area (Å²) in [6, 6.07) is 8.51. The normalized spacial score (nSPS) is 17.2. The fraction of sp³-hybridized carbons (Fsp3) is 0.278. The van der Waals surface area contributed by atoms with Gasteiger partial charge in [-0.05, 0) is 43.2 Å². The van der Waals surface area contributed by atoms with Crippen LogP contribution in [0.5, 0.6) is 0 Å². The Morgan fingerprint density at radius 2 is 2.20 bits per heavy atom. The minimum atomic E-state index is -0.349. The van der Waals surface area contributed by atoms with Crippen LogP contribution in [0.3, 0.4) is 0 Å². The van der Waals surface area contributed by atoms with Crippen molar-refractivity contribution in [3.05, 3.63) is 59.7 Å². The Bertz CT molecular complexity index is 938. The van der Waals surface area contributed by atoms with Crippen LogP contribution in [0.1, 0.15) is 22.3 Å². The lowest BCUT2D eigenvalue weighted by atomic mass is 10.1. The van der Waals surface area contributed by atoms with Crippen molar-refractivity contribution in [1.82, 2.24) is 19.5 Å². The summed E-state index contributed by atoms with van der Waals surface area (Å²) in [5.41, 5.74) is 1.62. The van der Waals surface area contributed by atoms with Gasteiger partial charge in [0.1, 0.15) is 11.6 Å². The Balaban J connectivity index is 1.45. The number of anilines is 1. The molecule has 1 aliphatic rings. The van der Waals surface area contributed by atoms with Gasteiger partial charge < -0.3 is 10.2 Å². The Morgan fingerprint density at radius 1 is 1.32 bits per heavy atom. The van der Waals surface area contributed by atoms with E-state index in [1.54, 1.807) is 40.9 Å². The van der Waals surface area contributed by atoms with Gasteiger partial charge in [0, 0.05) is 37.1 Å². The lowest BCUT2D eigenvalue weighted by Gasteiger charge is -2.18. The molecule has 0 radical (unpaired) electrons. The second-order valence-corrected chi connectivity index (χ2v) is 6.24. The molecule has 1 N–H and O–H groups in total. The standard InChI is InChI=1S/C18H18FN5O/c1-12-14(3-2-4-15(12)19)18(25)23-9-7-13(11-23)21-16-5-6-17-20-8-10-24(17)22-16/h2-6,8,10,13H,7,9,11H2,1H3,(H,21,22). The summed E-state index contributed by atoms with van der Waals surface area (Å²) in [5.74, 6) is 0.267. The van der Waals surface area contributed by atoms with Gasteiger partial charge in [0.15, 0.2) is 5.65 Å². The number of halogens is 1. The van der Waals surface area contributed by atoms with Crippen molar-refractivity contribution < 1.29 is 9.18 Å². The molecule has 7 heteroatoms. The van der Waals surface area contributed by atoms with Gasteiger partial charge >= 0.3 is 0 Å². The largest absolute Gasteiger partial charge is 0.364 e. The molecule has 3 aromatic rings. The number of hydrogen-bond donors (Lipinski definition) is 1. The SMILES string of the molecule is Cc1c(F)cccc1C(=O)N1CCC(Nc2ccc3nccn3n2)C1. The second-order valence-electron chi connectivity index (χ2n) is 6.24. The molecular weight excluding hydrogens is 321 g/mol. The van der Waals surface area contributed by atoms with Crippen molar-refractivity contribution >= 4 is 17.4 Å². The topological polar surface area (TPSA) is 62.5 Å². The number of nitrogens with one attached hydrogen (secondary N) is 1. The van der Waals surface area contributed by atoms with E-state index in [9.17, 15) is 9.18 Å². The Morgan fingerprint density at radius 3 is 3.08 bits per heavy atom. The summed E-state index contributed by atoms with van der Waals surface area (Å²) in [6.07, 6.45) is 4.31. The lowest BCUT2D eigenvalue weighted by Crippen LogP contribution is -2.32. The first-order valence-corrected chi connectivity index (χ1v) is 8.23. The third kappa shape index (κ3) is 2.93. The minimum Gasteiger partial charge on any atom is -0.364 e. The van der Waals surface area contributed by atoms with Crippen molar-refractivity contribution in [2.75, 3.05) is 18.4 Å². The predicted octanol–water partition coefficient (Wildman–Crippen LogP) is 2.50. The van der Waals surface area contributed by atoms with E-state index in [4.69, 9.17) is 0 Å². The highest BCUT2D eigenvalue weighted by Gasteiger charge is 2.28. The van der Waals surface area contributed by atoms with Crippen molar-refractivity contribution in [2.45, 2.75) is 19.4 Å². The molecule has 128 valence electrons. The number of benzene rings is 1. The fourth-order valence-corrected chi connectivity index (χ4v) is 3.17. The average molecular weight is 339 g/mol. The molecule has 25 heavy (non-hydrogen) atoms. The number of nitrogens with zero attached hydrogens (tertiary/aromatic N) is 4. The minimum absolute atomic E-state index is 0.117.